The second kappa shape index (κ2) is 10.0. The van der Waals surface area contributed by atoms with Crippen molar-refractivity contribution in [1.82, 2.24) is 19.4 Å². The first-order valence-corrected chi connectivity index (χ1v) is 10.3. The number of pyridine rings is 1. The highest BCUT2D eigenvalue weighted by Crippen LogP contribution is 2.21. The molecule has 9 nitrogen and oxygen atoms in total. The third-order valence-corrected chi connectivity index (χ3v) is 4.99. The molecule has 0 aliphatic rings. The summed E-state index contributed by atoms with van der Waals surface area (Å²) < 4.78 is 6.98. The lowest BCUT2D eigenvalue weighted by Crippen LogP contribution is -2.30. The molecule has 0 spiro atoms. The summed E-state index contributed by atoms with van der Waals surface area (Å²) in [5.74, 6) is -0.0628. The monoisotopic (exact) mass is 424 g/mol. The van der Waals surface area contributed by atoms with Gasteiger partial charge < -0.3 is 15.4 Å². The summed E-state index contributed by atoms with van der Waals surface area (Å²) in [5.41, 5.74) is 8.32. The summed E-state index contributed by atoms with van der Waals surface area (Å²) in [6.45, 7) is 6.19. The quantitative estimate of drug-likeness (QED) is 0.403. The number of carbonyl (C=O) groups excluding carboxylic acids is 2. The van der Waals surface area contributed by atoms with Gasteiger partial charge in [-0.05, 0) is 44.5 Å². The smallest absolute Gasteiger partial charge is 0.258 e. The predicted molar refractivity (Wildman–Crippen MR) is 120 cm³/mol. The molecule has 2 amide bonds. The zero-order chi connectivity index (χ0) is 22.4. The number of rotatable bonds is 9. The SMILES string of the molecule is CCN(CC)C(=O)c1cnc2c(c1)nc(NC(=O)c1cccc(N)c1)n2CCCOC. The molecule has 164 valence electrons. The van der Waals surface area contributed by atoms with Crippen LogP contribution in [0, 0.1) is 0 Å². The molecular formula is C22H28N6O3. The Bertz CT molecular complexity index is 1070. The van der Waals surface area contributed by atoms with E-state index in [0.29, 0.717) is 66.6 Å². The van der Waals surface area contributed by atoms with Crippen LogP contribution < -0.4 is 11.1 Å². The van der Waals surface area contributed by atoms with E-state index in [9.17, 15) is 9.59 Å². The van der Waals surface area contributed by atoms with E-state index < -0.39 is 0 Å². The fraction of sp³-hybridized carbons (Fsp3) is 0.364. The van der Waals surface area contributed by atoms with Crippen LogP contribution in [0.5, 0.6) is 0 Å². The lowest BCUT2D eigenvalue weighted by atomic mass is 10.2. The molecule has 0 saturated carbocycles. The third-order valence-electron chi connectivity index (χ3n) is 4.99. The van der Waals surface area contributed by atoms with Crippen LogP contribution in [0.25, 0.3) is 11.2 Å². The third kappa shape index (κ3) is 5.00. The Morgan fingerprint density at radius 3 is 2.65 bits per heavy atom. The molecule has 3 rings (SSSR count). The standard InChI is InChI=1S/C22H28N6O3/c1-4-27(5-2)21(30)16-13-18-19(24-14-16)28(10-7-11-31-3)22(25-18)26-20(29)15-8-6-9-17(23)12-15/h6,8-9,12-14H,4-5,7,10-11,23H2,1-3H3,(H,25,26,29). The zero-order valence-electron chi connectivity index (χ0n) is 18.1. The minimum atomic E-state index is -0.324. The van der Waals surface area contributed by atoms with Crippen LogP contribution in [-0.2, 0) is 11.3 Å². The lowest BCUT2D eigenvalue weighted by molar-refractivity contribution is 0.0772. The van der Waals surface area contributed by atoms with Crippen molar-refractivity contribution in [3.63, 3.8) is 0 Å². The average molecular weight is 425 g/mol. The Morgan fingerprint density at radius 2 is 1.97 bits per heavy atom. The van der Waals surface area contributed by atoms with Gasteiger partial charge in [-0.3, -0.25) is 19.5 Å². The number of nitrogens with one attached hydrogen (secondary N) is 1. The van der Waals surface area contributed by atoms with E-state index in [1.807, 2.05) is 18.4 Å². The van der Waals surface area contributed by atoms with Gasteiger partial charge in [-0.2, -0.15) is 0 Å². The molecule has 0 aliphatic carbocycles. The van der Waals surface area contributed by atoms with Gasteiger partial charge in [0.1, 0.15) is 5.52 Å². The Hall–Kier alpha value is -3.46. The van der Waals surface area contributed by atoms with Gasteiger partial charge >= 0.3 is 0 Å². The molecule has 2 heterocycles. The van der Waals surface area contributed by atoms with Gasteiger partial charge in [0.2, 0.25) is 5.95 Å². The van der Waals surface area contributed by atoms with Crippen LogP contribution in [-0.4, -0.2) is 58.1 Å². The maximum Gasteiger partial charge on any atom is 0.258 e. The normalized spacial score (nSPS) is 10.9. The lowest BCUT2D eigenvalue weighted by Gasteiger charge is -2.18. The first-order valence-electron chi connectivity index (χ1n) is 10.3. The molecule has 1 aromatic carbocycles. The Morgan fingerprint density at radius 1 is 1.19 bits per heavy atom. The largest absolute Gasteiger partial charge is 0.399 e. The Kier molecular flexibility index (Phi) is 7.19. The average Bonchev–Trinajstić information content (AvgIpc) is 3.11. The van der Waals surface area contributed by atoms with Crippen LogP contribution in [0.2, 0.25) is 0 Å². The van der Waals surface area contributed by atoms with Gasteiger partial charge in [-0.1, -0.05) is 6.07 Å². The summed E-state index contributed by atoms with van der Waals surface area (Å²) in [4.78, 5) is 36.2. The number of hydrogen-bond acceptors (Lipinski definition) is 6. The van der Waals surface area contributed by atoms with Gasteiger partial charge in [-0.25, -0.2) is 9.97 Å². The summed E-state index contributed by atoms with van der Waals surface area (Å²) in [7, 11) is 1.64. The van der Waals surface area contributed by atoms with Gasteiger partial charge in [0.15, 0.2) is 5.65 Å². The van der Waals surface area contributed by atoms with E-state index >= 15 is 0 Å². The van der Waals surface area contributed by atoms with Gasteiger partial charge in [-0.15, -0.1) is 0 Å². The number of aryl methyl sites for hydroxylation is 1. The van der Waals surface area contributed by atoms with E-state index in [-0.39, 0.29) is 11.8 Å². The Balaban J connectivity index is 1.97. The molecule has 0 radical (unpaired) electrons. The molecule has 3 N–H and O–H groups in total. The van der Waals surface area contributed by atoms with Crippen LogP contribution in [0.15, 0.2) is 36.5 Å². The molecule has 0 atom stereocenters. The predicted octanol–water partition coefficient (Wildman–Crippen LogP) is 2.78. The molecule has 0 aliphatic heterocycles. The molecule has 2 aromatic heterocycles. The number of fused-ring (bicyclic) bond motifs is 1. The summed E-state index contributed by atoms with van der Waals surface area (Å²) >= 11 is 0. The van der Waals surface area contributed by atoms with E-state index in [1.165, 1.54) is 0 Å². The Labute approximate surface area is 181 Å². The van der Waals surface area contributed by atoms with Crippen molar-refractivity contribution in [3.05, 3.63) is 47.7 Å². The van der Waals surface area contributed by atoms with Crippen molar-refractivity contribution in [2.45, 2.75) is 26.8 Å². The minimum absolute atomic E-state index is 0.0984. The molecule has 9 heteroatoms. The molecular weight excluding hydrogens is 396 g/mol. The number of nitrogens with zero attached hydrogens (tertiary/aromatic N) is 4. The number of amides is 2. The number of methoxy groups -OCH3 is 1. The summed E-state index contributed by atoms with van der Waals surface area (Å²) in [6.07, 6.45) is 2.27. The fourth-order valence-corrected chi connectivity index (χ4v) is 3.35. The van der Waals surface area contributed by atoms with Crippen LogP contribution in [0.1, 0.15) is 41.0 Å². The summed E-state index contributed by atoms with van der Waals surface area (Å²) in [5, 5.41) is 2.85. The molecule has 0 unspecified atom stereocenters. The number of anilines is 2. The highest BCUT2D eigenvalue weighted by molar-refractivity contribution is 6.04. The van der Waals surface area contributed by atoms with Gasteiger partial charge in [0.25, 0.3) is 11.8 Å². The summed E-state index contributed by atoms with van der Waals surface area (Å²) in [6, 6.07) is 8.44. The van der Waals surface area contributed by atoms with Crippen molar-refractivity contribution in [2.24, 2.45) is 0 Å². The van der Waals surface area contributed by atoms with E-state index in [1.54, 1.807) is 48.5 Å². The number of benzene rings is 1. The molecule has 0 bridgehead atoms. The van der Waals surface area contributed by atoms with Crippen LogP contribution >= 0.6 is 0 Å². The first kappa shape index (κ1) is 22.2. The van der Waals surface area contributed by atoms with Gasteiger partial charge in [0.05, 0.1) is 5.56 Å². The first-order chi connectivity index (χ1) is 15.0. The van der Waals surface area contributed by atoms with E-state index in [4.69, 9.17) is 10.5 Å². The molecule has 0 fully saturated rings. The second-order valence-corrected chi connectivity index (χ2v) is 7.06. The van der Waals surface area contributed by atoms with Crippen molar-refractivity contribution in [3.8, 4) is 0 Å². The number of hydrogen-bond donors (Lipinski definition) is 2. The van der Waals surface area contributed by atoms with Crippen LogP contribution in [0.3, 0.4) is 0 Å². The second-order valence-electron chi connectivity index (χ2n) is 7.06. The number of ether oxygens (including phenoxy) is 1. The zero-order valence-corrected chi connectivity index (χ0v) is 18.1. The number of carbonyl (C=O) groups is 2. The number of nitrogens with two attached hydrogens (primary N) is 1. The van der Waals surface area contributed by atoms with Crippen LogP contribution in [0.4, 0.5) is 11.6 Å². The molecule has 0 saturated heterocycles. The number of aromatic nitrogens is 3. The number of nitrogen functional groups attached to an aromatic ring is 1. The topological polar surface area (TPSA) is 115 Å². The maximum atomic E-state index is 12.7. The maximum absolute atomic E-state index is 12.7. The van der Waals surface area contributed by atoms with E-state index in [0.717, 1.165) is 0 Å². The highest BCUT2D eigenvalue weighted by Gasteiger charge is 2.19. The highest BCUT2D eigenvalue weighted by atomic mass is 16.5. The molecule has 3 aromatic rings. The number of imidazole rings is 1. The molecule has 31 heavy (non-hydrogen) atoms. The minimum Gasteiger partial charge on any atom is -0.399 e. The van der Waals surface area contributed by atoms with Crippen molar-refractivity contribution < 1.29 is 14.3 Å². The van der Waals surface area contributed by atoms with E-state index in [2.05, 4.69) is 15.3 Å². The van der Waals surface area contributed by atoms with Crippen molar-refractivity contribution >= 4 is 34.6 Å². The van der Waals surface area contributed by atoms with Crippen molar-refractivity contribution in [1.29, 1.82) is 0 Å². The fourth-order valence-electron chi connectivity index (χ4n) is 3.35. The van der Waals surface area contributed by atoms with Gasteiger partial charge in [0, 0.05) is 50.8 Å². The van der Waals surface area contributed by atoms with Crippen molar-refractivity contribution in [2.75, 3.05) is 37.9 Å².